The van der Waals surface area contributed by atoms with Crippen molar-refractivity contribution in [2.45, 2.75) is 31.2 Å². The van der Waals surface area contributed by atoms with E-state index in [4.69, 9.17) is 4.98 Å². The van der Waals surface area contributed by atoms with E-state index in [1.807, 2.05) is 65.4 Å². The van der Waals surface area contributed by atoms with Crippen molar-refractivity contribution in [1.29, 1.82) is 0 Å². The van der Waals surface area contributed by atoms with E-state index in [0.717, 1.165) is 52.5 Å². The van der Waals surface area contributed by atoms with Gasteiger partial charge in [0.15, 0.2) is 5.82 Å². The molecule has 1 saturated heterocycles. The van der Waals surface area contributed by atoms with Crippen molar-refractivity contribution >= 4 is 28.3 Å². The highest BCUT2D eigenvalue weighted by Crippen LogP contribution is 2.39. The number of rotatable bonds is 6. The van der Waals surface area contributed by atoms with Gasteiger partial charge in [-0.05, 0) is 55.2 Å². The van der Waals surface area contributed by atoms with Gasteiger partial charge < -0.3 is 14.8 Å². The molecular weight excluding hydrogens is 500 g/mol. The Morgan fingerprint density at radius 1 is 1.00 bits per heavy atom. The maximum absolute atomic E-state index is 13.5. The van der Waals surface area contributed by atoms with Gasteiger partial charge in [-0.2, -0.15) is 5.10 Å². The summed E-state index contributed by atoms with van der Waals surface area (Å²) in [6.45, 7) is -1.05. The third-order valence-electron chi connectivity index (χ3n) is 7.53. The lowest BCUT2D eigenvalue weighted by Gasteiger charge is -2.39. The predicted molar refractivity (Wildman–Crippen MR) is 144 cm³/mol. The van der Waals surface area contributed by atoms with E-state index in [0.29, 0.717) is 17.3 Å². The number of hydrogen-bond acceptors (Lipinski definition) is 5. The minimum atomic E-state index is -2.80. The summed E-state index contributed by atoms with van der Waals surface area (Å²) in [6.07, 6.45) is 8.33. The van der Waals surface area contributed by atoms with Crippen molar-refractivity contribution in [3.8, 4) is 22.5 Å². The highest BCUT2D eigenvalue weighted by molar-refractivity contribution is 6.00. The third kappa shape index (κ3) is 4.31. The van der Waals surface area contributed by atoms with Gasteiger partial charge in [-0.1, -0.05) is 24.3 Å². The molecule has 2 fully saturated rings. The van der Waals surface area contributed by atoms with Crippen LogP contribution >= 0.6 is 0 Å². The molecule has 0 spiro atoms. The number of amides is 1. The summed E-state index contributed by atoms with van der Waals surface area (Å²) in [5.41, 5.74) is 5.14. The molecule has 196 valence electrons. The number of likely N-dealkylation sites (tertiary alicyclic amines) is 1. The molecule has 2 aliphatic rings. The van der Waals surface area contributed by atoms with Gasteiger partial charge in [-0.25, -0.2) is 18.7 Å². The normalized spacial score (nSPS) is 16.6. The molecule has 1 amide bonds. The van der Waals surface area contributed by atoms with Crippen molar-refractivity contribution in [2.75, 3.05) is 18.4 Å². The highest BCUT2D eigenvalue weighted by atomic mass is 19.3. The molecule has 3 aromatic heterocycles. The van der Waals surface area contributed by atoms with Gasteiger partial charge in [0.25, 0.3) is 11.8 Å². The van der Waals surface area contributed by atoms with E-state index in [2.05, 4.69) is 20.5 Å². The molecule has 1 aliphatic carbocycles. The Morgan fingerprint density at radius 2 is 1.79 bits per heavy atom. The fourth-order valence-electron chi connectivity index (χ4n) is 5.25. The molecule has 0 bridgehead atoms. The standard InChI is InChI=1S/C29H25F2N7O/c30-29(31)16-37(17-29)28(39)25-12-19-4-5-20(13-24(19)38(25)23-2-1-3-23)27-32-11-10-26(36-27)35-22-8-6-18(7-9-22)21-14-33-34-15-21/h4-15,23H,1-3,16-17H2,(H,33,34)(H,32,35,36). The number of benzene rings is 2. The molecule has 10 heteroatoms. The number of nitrogens with one attached hydrogen (secondary N) is 2. The Bertz CT molecular complexity index is 1670. The summed E-state index contributed by atoms with van der Waals surface area (Å²) < 4.78 is 29.0. The van der Waals surface area contributed by atoms with Crippen LogP contribution in [0.5, 0.6) is 0 Å². The molecule has 0 atom stereocenters. The second kappa shape index (κ2) is 9.00. The van der Waals surface area contributed by atoms with Crippen LogP contribution in [-0.4, -0.2) is 54.6 Å². The van der Waals surface area contributed by atoms with Crippen LogP contribution in [0, 0.1) is 0 Å². The molecule has 4 heterocycles. The summed E-state index contributed by atoms with van der Waals surface area (Å²) in [4.78, 5) is 23.6. The summed E-state index contributed by atoms with van der Waals surface area (Å²) in [6, 6.07) is 17.7. The van der Waals surface area contributed by atoms with E-state index in [1.54, 1.807) is 12.4 Å². The van der Waals surface area contributed by atoms with Gasteiger partial charge in [-0.15, -0.1) is 0 Å². The van der Waals surface area contributed by atoms with Crippen molar-refractivity contribution in [3.05, 3.63) is 78.9 Å². The number of hydrogen-bond donors (Lipinski definition) is 2. The van der Waals surface area contributed by atoms with E-state index < -0.39 is 19.0 Å². The van der Waals surface area contributed by atoms with E-state index in [9.17, 15) is 13.6 Å². The number of alkyl halides is 2. The number of carbonyl (C=O) groups excluding carboxylic acids is 1. The van der Waals surface area contributed by atoms with E-state index in [-0.39, 0.29) is 11.9 Å². The lowest BCUT2D eigenvalue weighted by molar-refractivity contribution is -0.113. The van der Waals surface area contributed by atoms with Crippen LogP contribution in [0.1, 0.15) is 35.8 Å². The van der Waals surface area contributed by atoms with Crippen molar-refractivity contribution in [1.82, 2.24) is 29.6 Å². The Labute approximate surface area is 222 Å². The van der Waals surface area contributed by atoms with Crippen LogP contribution in [0.2, 0.25) is 0 Å². The van der Waals surface area contributed by atoms with Gasteiger partial charge in [0, 0.05) is 46.2 Å². The average molecular weight is 526 g/mol. The number of aromatic amines is 1. The number of anilines is 2. The molecule has 0 radical (unpaired) electrons. The Hall–Kier alpha value is -4.60. The lowest BCUT2D eigenvalue weighted by atomic mass is 9.92. The van der Waals surface area contributed by atoms with Crippen LogP contribution in [0.15, 0.2) is 73.2 Å². The number of H-pyrrole nitrogens is 1. The summed E-state index contributed by atoms with van der Waals surface area (Å²) in [7, 11) is 0. The molecular formula is C29H25F2N7O. The molecule has 2 N–H and O–H groups in total. The van der Waals surface area contributed by atoms with Crippen LogP contribution in [-0.2, 0) is 0 Å². The third-order valence-corrected chi connectivity index (χ3v) is 7.53. The Morgan fingerprint density at radius 3 is 2.49 bits per heavy atom. The fourth-order valence-corrected chi connectivity index (χ4v) is 5.25. The second-order valence-corrected chi connectivity index (χ2v) is 10.2. The van der Waals surface area contributed by atoms with Crippen LogP contribution in [0.3, 0.4) is 0 Å². The number of nitrogens with zero attached hydrogens (tertiary/aromatic N) is 5. The topological polar surface area (TPSA) is 91.7 Å². The first kappa shape index (κ1) is 23.5. The van der Waals surface area contributed by atoms with Gasteiger partial charge in [0.1, 0.15) is 11.5 Å². The average Bonchev–Trinajstić information content (AvgIpc) is 3.55. The number of carbonyl (C=O) groups is 1. The van der Waals surface area contributed by atoms with E-state index in [1.165, 1.54) is 4.90 Å². The number of halogens is 2. The maximum Gasteiger partial charge on any atom is 0.282 e. The minimum Gasteiger partial charge on any atom is -0.340 e. The minimum absolute atomic E-state index is 0.178. The Balaban J connectivity index is 1.18. The molecule has 2 aromatic carbocycles. The molecule has 8 nitrogen and oxygen atoms in total. The quantitative estimate of drug-likeness (QED) is 0.282. The molecule has 5 aromatic rings. The van der Waals surface area contributed by atoms with Gasteiger partial charge in [0.2, 0.25) is 0 Å². The van der Waals surface area contributed by atoms with Crippen molar-refractivity contribution in [2.24, 2.45) is 0 Å². The summed E-state index contributed by atoms with van der Waals surface area (Å²) in [5.74, 6) is -1.94. The van der Waals surface area contributed by atoms with Crippen LogP contribution in [0.25, 0.3) is 33.4 Å². The fraction of sp³-hybridized carbons (Fsp3) is 0.241. The lowest BCUT2D eigenvalue weighted by Crippen LogP contribution is -2.58. The van der Waals surface area contributed by atoms with Crippen molar-refractivity contribution in [3.63, 3.8) is 0 Å². The first-order valence-electron chi connectivity index (χ1n) is 13.0. The Kier molecular flexibility index (Phi) is 5.43. The summed E-state index contributed by atoms with van der Waals surface area (Å²) in [5, 5.41) is 11.0. The van der Waals surface area contributed by atoms with Gasteiger partial charge >= 0.3 is 0 Å². The first-order valence-corrected chi connectivity index (χ1v) is 13.0. The molecule has 0 unspecified atom stereocenters. The zero-order chi connectivity index (χ0) is 26.6. The molecule has 1 aliphatic heterocycles. The highest BCUT2D eigenvalue weighted by Gasteiger charge is 2.47. The van der Waals surface area contributed by atoms with Crippen LogP contribution in [0.4, 0.5) is 20.3 Å². The monoisotopic (exact) mass is 525 g/mol. The zero-order valence-electron chi connectivity index (χ0n) is 20.9. The smallest absolute Gasteiger partial charge is 0.282 e. The molecule has 39 heavy (non-hydrogen) atoms. The maximum atomic E-state index is 13.5. The second-order valence-electron chi connectivity index (χ2n) is 10.2. The summed E-state index contributed by atoms with van der Waals surface area (Å²) >= 11 is 0. The number of fused-ring (bicyclic) bond motifs is 1. The zero-order valence-corrected chi connectivity index (χ0v) is 20.9. The predicted octanol–water partition coefficient (Wildman–Crippen LogP) is 6.05. The first-order chi connectivity index (χ1) is 18.9. The van der Waals surface area contributed by atoms with E-state index >= 15 is 0 Å². The van der Waals surface area contributed by atoms with Crippen LogP contribution < -0.4 is 5.32 Å². The van der Waals surface area contributed by atoms with Gasteiger partial charge in [0.05, 0.1) is 19.3 Å². The molecule has 7 rings (SSSR count). The van der Waals surface area contributed by atoms with Crippen molar-refractivity contribution < 1.29 is 13.6 Å². The van der Waals surface area contributed by atoms with Gasteiger partial charge in [-0.3, -0.25) is 9.89 Å². The largest absolute Gasteiger partial charge is 0.340 e. The molecule has 1 saturated carbocycles. The number of aromatic nitrogens is 5. The SMILES string of the molecule is O=C(c1cc2ccc(-c3nccc(Nc4ccc(-c5cn[nH]c5)cc4)n3)cc2n1C1CCC1)N1CC(F)(F)C1.